The summed E-state index contributed by atoms with van der Waals surface area (Å²) in [6, 6.07) is 27.5. The molecule has 3 aromatic carbocycles. The third-order valence-corrected chi connectivity index (χ3v) is 6.57. The second-order valence-corrected chi connectivity index (χ2v) is 10.4. The van der Waals surface area contributed by atoms with Crippen LogP contribution in [0.1, 0.15) is 43.9 Å². The van der Waals surface area contributed by atoms with E-state index in [0.717, 1.165) is 5.56 Å². The number of hydrogen-bond donors (Lipinski definition) is 1. The number of ether oxygens (including phenoxy) is 2. The quantitative estimate of drug-likeness (QED) is 0.380. The molecule has 0 spiro atoms. The molecule has 0 saturated carbocycles. The van der Waals surface area contributed by atoms with Gasteiger partial charge in [-0.2, -0.15) is 10.5 Å². The van der Waals surface area contributed by atoms with Gasteiger partial charge < -0.3 is 19.7 Å². The topological polar surface area (TPSA) is 115 Å². The van der Waals surface area contributed by atoms with E-state index < -0.39 is 23.1 Å². The van der Waals surface area contributed by atoms with Gasteiger partial charge in [0.15, 0.2) is 5.54 Å². The summed E-state index contributed by atoms with van der Waals surface area (Å²) in [5.41, 5.74) is 0.295. The molecule has 40 heavy (non-hydrogen) atoms. The molecule has 0 unspecified atom stereocenters. The zero-order chi connectivity index (χ0) is 28.9. The van der Waals surface area contributed by atoms with E-state index in [1.54, 1.807) is 62.1 Å². The van der Waals surface area contributed by atoms with E-state index in [1.807, 2.05) is 54.6 Å². The fraction of sp³-hybridized carbons (Fsp3) is 0.250. The Morgan fingerprint density at radius 2 is 1.57 bits per heavy atom. The summed E-state index contributed by atoms with van der Waals surface area (Å²) in [4.78, 5) is 29.4. The molecule has 1 N–H and O–H groups in total. The lowest BCUT2D eigenvalue weighted by molar-refractivity contribution is -0.124. The molecular weight excluding hydrogens is 504 g/mol. The number of anilines is 1. The summed E-state index contributed by atoms with van der Waals surface area (Å²) in [5.74, 6) is 0.195. The van der Waals surface area contributed by atoms with Crippen LogP contribution in [-0.4, -0.2) is 24.7 Å². The number of carbonyl (C=O) groups is 2. The van der Waals surface area contributed by atoms with Gasteiger partial charge in [0.2, 0.25) is 0 Å². The van der Waals surface area contributed by atoms with Gasteiger partial charge in [0.1, 0.15) is 29.1 Å². The number of hydrogen-bond acceptors (Lipinski definition) is 6. The number of methoxy groups -OCH3 is 1. The largest absolute Gasteiger partial charge is 0.497 e. The Bertz CT molecular complexity index is 1510. The first-order chi connectivity index (χ1) is 19.1. The molecule has 0 saturated heterocycles. The minimum atomic E-state index is -1.65. The molecule has 0 aromatic heterocycles. The minimum Gasteiger partial charge on any atom is -0.497 e. The van der Waals surface area contributed by atoms with Crippen molar-refractivity contribution in [3.8, 4) is 17.9 Å². The summed E-state index contributed by atoms with van der Waals surface area (Å²) in [6.45, 7) is 5.46. The zero-order valence-electron chi connectivity index (χ0n) is 22.9. The predicted molar refractivity (Wildman–Crippen MR) is 151 cm³/mol. The fourth-order valence-corrected chi connectivity index (χ4v) is 4.81. The molecule has 8 heteroatoms. The molecule has 1 aliphatic rings. The van der Waals surface area contributed by atoms with Gasteiger partial charge in [-0.1, -0.05) is 60.7 Å². The number of para-hydroxylation sites is 1. The van der Waals surface area contributed by atoms with Crippen LogP contribution >= 0.6 is 0 Å². The maximum atomic E-state index is 14.5. The van der Waals surface area contributed by atoms with Crippen molar-refractivity contribution >= 4 is 23.3 Å². The van der Waals surface area contributed by atoms with Crippen LogP contribution < -0.4 is 15.0 Å². The number of nitrogens with zero attached hydrogens (tertiary/aromatic N) is 3. The van der Waals surface area contributed by atoms with Crippen molar-refractivity contribution < 1.29 is 19.1 Å². The van der Waals surface area contributed by atoms with Gasteiger partial charge in [0.05, 0.1) is 19.3 Å². The number of rotatable bonds is 7. The summed E-state index contributed by atoms with van der Waals surface area (Å²) in [5, 5.41) is 22.7. The number of alkyl carbamates (subject to hydrolysis) is 1. The standard InChI is InChI=1S/C32H30N4O4/c1-31(2,3)40-30(38)35-32(18-26(24(19-33)20-34)23-14-16-25(39-4)17-15-23)27-12-8-9-13-28(27)36(29(32)37)21-22-10-6-5-7-11-22/h5-17H,18,21H2,1-4H3,(H,35,38)/t32-/m1/s1. The maximum absolute atomic E-state index is 14.5. The first-order valence-electron chi connectivity index (χ1n) is 12.8. The molecule has 4 rings (SSSR count). The Balaban J connectivity index is 1.90. The molecule has 0 aliphatic carbocycles. The molecule has 1 atom stereocenters. The molecule has 2 amide bonds. The molecule has 0 radical (unpaired) electrons. The van der Waals surface area contributed by atoms with E-state index in [9.17, 15) is 20.1 Å². The highest BCUT2D eigenvalue weighted by atomic mass is 16.6. The van der Waals surface area contributed by atoms with E-state index in [4.69, 9.17) is 9.47 Å². The molecule has 0 bridgehead atoms. The average Bonchev–Trinajstić information content (AvgIpc) is 3.15. The number of fused-ring (bicyclic) bond motifs is 1. The van der Waals surface area contributed by atoms with Crippen LogP contribution in [0.2, 0.25) is 0 Å². The van der Waals surface area contributed by atoms with Crippen LogP contribution in [0.15, 0.2) is 84.4 Å². The van der Waals surface area contributed by atoms with Crippen molar-refractivity contribution in [1.29, 1.82) is 10.5 Å². The molecule has 0 fully saturated rings. The van der Waals surface area contributed by atoms with Gasteiger partial charge in [-0.05, 0) is 55.7 Å². The van der Waals surface area contributed by atoms with E-state index >= 15 is 0 Å². The van der Waals surface area contributed by atoms with Crippen LogP contribution in [0.4, 0.5) is 10.5 Å². The number of allylic oxidation sites excluding steroid dienone is 1. The van der Waals surface area contributed by atoms with Crippen molar-refractivity contribution in [3.05, 3.63) is 101 Å². The number of amides is 2. The minimum absolute atomic E-state index is 0.157. The van der Waals surface area contributed by atoms with Crippen LogP contribution in [0.5, 0.6) is 5.75 Å². The second-order valence-electron chi connectivity index (χ2n) is 10.4. The van der Waals surface area contributed by atoms with Crippen LogP contribution in [-0.2, 0) is 21.6 Å². The summed E-state index contributed by atoms with van der Waals surface area (Å²) < 4.78 is 10.9. The lowest BCUT2D eigenvalue weighted by Crippen LogP contribution is -2.54. The Morgan fingerprint density at radius 3 is 2.17 bits per heavy atom. The van der Waals surface area contributed by atoms with E-state index in [1.165, 1.54) is 7.11 Å². The Labute approximate surface area is 234 Å². The number of nitriles is 2. The second kappa shape index (κ2) is 11.3. The van der Waals surface area contributed by atoms with Gasteiger partial charge in [-0.3, -0.25) is 4.79 Å². The van der Waals surface area contributed by atoms with E-state index in [-0.39, 0.29) is 18.5 Å². The lowest BCUT2D eigenvalue weighted by Gasteiger charge is -2.32. The highest BCUT2D eigenvalue weighted by Crippen LogP contribution is 2.46. The average molecular weight is 535 g/mol. The van der Waals surface area contributed by atoms with Crippen molar-refractivity contribution in [1.82, 2.24) is 5.32 Å². The molecule has 1 aliphatic heterocycles. The number of carbonyl (C=O) groups excluding carboxylic acids is 2. The van der Waals surface area contributed by atoms with E-state index in [0.29, 0.717) is 28.1 Å². The molecule has 1 heterocycles. The lowest BCUT2D eigenvalue weighted by atomic mass is 9.81. The third kappa shape index (κ3) is 5.67. The highest BCUT2D eigenvalue weighted by molar-refractivity contribution is 6.10. The summed E-state index contributed by atoms with van der Waals surface area (Å²) in [7, 11) is 1.54. The molecular formula is C32H30N4O4. The molecule has 8 nitrogen and oxygen atoms in total. The van der Waals surface area contributed by atoms with Crippen molar-refractivity contribution in [3.63, 3.8) is 0 Å². The SMILES string of the molecule is COc1ccc(C(C[C@]2(NC(=O)OC(C)(C)C)C(=O)N(Cc3ccccc3)c3ccccc32)=C(C#N)C#N)cc1. The zero-order valence-corrected chi connectivity index (χ0v) is 22.9. The number of nitrogens with one attached hydrogen (secondary N) is 1. The summed E-state index contributed by atoms with van der Waals surface area (Å²) >= 11 is 0. The highest BCUT2D eigenvalue weighted by Gasteiger charge is 2.53. The first kappa shape index (κ1) is 27.9. The van der Waals surface area contributed by atoms with Gasteiger partial charge >= 0.3 is 6.09 Å². The van der Waals surface area contributed by atoms with Gasteiger partial charge in [0.25, 0.3) is 5.91 Å². The smallest absolute Gasteiger partial charge is 0.408 e. The monoisotopic (exact) mass is 534 g/mol. The summed E-state index contributed by atoms with van der Waals surface area (Å²) in [6.07, 6.45) is -0.947. The molecule has 202 valence electrons. The maximum Gasteiger partial charge on any atom is 0.408 e. The Morgan fingerprint density at radius 1 is 0.950 bits per heavy atom. The Hall–Kier alpha value is -5.08. The van der Waals surface area contributed by atoms with Crippen LogP contribution in [0, 0.1) is 22.7 Å². The Kier molecular flexibility index (Phi) is 7.93. The van der Waals surface area contributed by atoms with Crippen LogP contribution in [0.25, 0.3) is 5.57 Å². The third-order valence-electron chi connectivity index (χ3n) is 6.57. The fourth-order valence-electron chi connectivity index (χ4n) is 4.81. The number of benzene rings is 3. The first-order valence-corrected chi connectivity index (χ1v) is 12.8. The molecule has 3 aromatic rings. The van der Waals surface area contributed by atoms with Crippen molar-refractivity contribution in [2.24, 2.45) is 0 Å². The van der Waals surface area contributed by atoms with Crippen molar-refractivity contribution in [2.75, 3.05) is 12.0 Å². The van der Waals surface area contributed by atoms with Gasteiger partial charge in [-0.15, -0.1) is 0 Å². The van der Waals surface area contributed by atoms with E-state index in [2.05, 4.69) is 5.32 Å². The normalized spacial score (nSPS) is 15.8. The van der Waals surface area contributed by atoms with Gasteiger partial charge in [-0.25, -0.2) is 4.79 Å². The van der Waals surface area contributed by atoms with Crippen molar-refractivity contribution in [2.45, 2.75) is 44.9 Å². The predicted octanol–water partition coefficient (Wildman–Crippen LogP) is 5.85. The van der Waals surface area contributed by atoms with Crippen LogP contribution in [0.3, 0.4) is 0 Å². The van der Waals surface area contributed by atoms with Gasteiger partial charge in [0, 0.05) is 12.0 Å².